The first-order valence-electron chi connectivity index (χ1n) is 4.74. The first-order chi connectivity index (χ1) is 6.75. The van der Waals surface area contributed by atoms with E-state index in [1.165, 1.54) is 4.80 Å². The molecule has 6 nitrogen and oxygen atoms in total. The molecule has 6 heteroatoms. The SMILES string of the molecule is Cn1nnc(CC(=O)C2CCCN2)n1. The van der Waals surface area contributed by atoms with Crippen molar-refractivity contribution in [2.75, 3.05) is 6.54 Å². The highest BCUT2D eigenvalue weighted by atomic mass is 16.1. The van der Waals surface area contributed by atoms with Crippen molar-refractivity contribution >= 4 is 5.78 Å². The average molecular weight is 195 g/mol. The fraction of sp³-hybridized carbons (Fsp3) is 0.750. The van der Waals surface area contributed by atoms with Gasteiger partial charge in [0.15, 0.2) is 11.6 Å². The normalized spacial score (nSPS) is 21.4. The Bertz CT molecular complexity index is 328. The van der Waals surface area contributed by atoms with E-state index in [0.29, 0.717) is 5.82 Å². The number of Topliss-reactive ketones (excluding diaryl/α,β-unsaturated/α-hetero) is 1. The van der Waals surface area contributed by atoms with E-state index >= 15 is 0 Å². The summed E-state index contributed by atoms with van der Waals surface area (Å²) in [6.45, 7) is 0.935. The van der Waals surface area contributed by atoms with E-state index in [1.807, 2.05) is 0 Å². The highest BCUT2D eigenvalue weighted by Crippen LogP contribution is 2.07. The smallest absolute Gasteiger partial charge is 0.182 e. The van der Waals surface area contributed by atoms with E-state index in [4.69, 9.17) is 0 Å². The minimum Gasteiger partial charge on any atom is -0.307 e. The van der Waals surface area contributed by atoms with Crippen LogP contribution in [-0.4, -0.2) is 38.6 Å². The number of aromatic nitrogens is 4. The Morgan fingerprint density at radius 1 is 1.71 bits per heavy atom. The Morgan fingerprint density at radius 3 is 3.14 bits per heavy atom. The van der Waals surface area contributed by atoms with Crippen molar-refractivity contribution in [1.82, 2.24) is 25.5 Å². The van der Waals surface area contributed by atoms with Crippen LogP contribution in [0.5, 0.6) is 0 Å². The fourth-order valence-corrected chi connectivity index (χ4v) is 1.63. The van der Waals surface area contributed by atoms with Crippen LogP contribution < -0.4 is 5.32 Å². The van der Waals surface area contributed by atoms with Gasteiger partial charge in [-0.1, -0.05) is 0 Å². The van der Waals surface area contributed by atoms with E-state index in [2.05, 4.69) is 20.7 Å². The van der Waals surface area contributed by atoms with E-state index < -0.39 is 0 Å². The van der Waals surface area contributed by atoms with Crippen LogP contribution in [0.3, 0.4) is 0 Å². The Hall–Kier alpha value is -1.30. The zero-order valence-corrected chi connectivity index (χ0v) is 8.10. The summed E-state index contributed by atoms with van der Waals surface area (Å²) in [5.74, 6) is 0.668. The predicted octanol–water partition coefficient (Wildman–Crippen LogP) is -0.926. The second-order valence-corrected chi connectivity index (χ2v) is 3.49. The highest BCUT2D eigenvalue weighted by molar-refractivity contribution is 5.85. The number of carbonyl (C=O) groups excluding carboxylic acids is 1. The van der Waals surface area contributed by atoms with E-state index in [-0.39, 0.29) is 18.2 Å². The molecule has 1 N–H and O–H groups in total. The van der Waals surface area contributed by atoms with Crippen molar-refractivity contribution in [3.63, 3.8) is 0 Å². The van der Waals surface area contributed by atoms with E-state index in [1.54, 1.807) is 7.05 Å². The van der Waals surface area contributed by atoms with Crippen molar-refractivity contribution in [3.8, 4) is 0 Å². The molecule has 2 heterocycles. The van der Waals surface area contributed by atoms with Gasteiger partial charge in [0.1, 0.15) is 0 Å². The van der Waals surface area contributed by atoms with Gasteiger partial charge in [0.05, 0.1) is 19.5 Å². The van der Waals surface area contributed by atoms with Gasteiger partial charge in [0, 0.05) is 0 Å². The van der Waals surface area contributed by atoms with Crippen molar-refractivity contribution in [2.45, 2.75) is 25.3 Å². The molecule has 1 saturated heterocycles. The second-order valence-electron chi connectivity index (χ2n) is 3.49. The van der Waals surface area contributed by atoms with Gasteiger partial charge in [-0.05, 0) is 24.6 Å². The molecule has 0 spiro atoms. The van der Waals surface area contributed by atoms with Crippen LogP contribution in [0.1, 0.15) is 18.7 Å². The van der Waals surface area contributed by atoms with Gasteiger partial charge in [-0.3, -0.25) is 4.79 Å². The van der Waals surface area contributed by atoms with Crippen molar-refractivity contribution < 1.29 is 4.79 Å². The third kappa shape index (κ3) is 1.95. The Morgan fingerprint density at radius 2 is 2.57 bits per heavy atom. The molecule has 0 amide bonds. The van der Waals surface area contributed by atoms with Crippen LogP contribution >= 0.6 is 0 Å². The Balaban J connectivity index is 1.93. The first kappa shape index (κ1) is 9.26. The number of nitrogens with zero attached hydrogens (tertiary/aromatic N) is 4. The lowest BCUT2D eigenvalue weighted by molar-refractivity contribution is -0.120. The Kier molecular flexibility index (Phi) is 2.53. The summed E-state index contributed by atoms with van der Waals surface area (Å²) in [7, 11) is 1.69. The van der Waals surface area contributed by atoms with Crippen LogP contribution in [0.15, 0.2) is 0 Å². The molecule has 2 rings (SSSR count). The molecule has 0 aliphatic carbocycles. The van der Waals surface area contributed by atoms with Crippen LogP contribution in [0.25, 0.3) is 0 Å². The fourth-order valence-electron chi connectivity index (χ4n) is 1.63. The largest absolute Gasteiger partial charge is 0.307 e. The first-order valence-corrected chi connectivity index (χ1v) is 4.74. The number of ketones is 1. The zero-order valence-electron chi connectivity index (χ0n) is 8.10. The summed E-state index contributed by atoms with van der Waals surface area (Å²) in [6.07, 6.45) is 2.29. The standard InChI is InChI=1S/C8H13N5O/c1-13-11-8(10-12-13)5-7(14)6-3-2-4-9-6/h6,9H,2-5H2,1H3. The predicted molar refractivity (Wildman–Crippen MR) is 48.5 cm³/mol. The lowest BCUT2D eigenvalue weighted by Crippen LogP contribution is -2.32. The molecule has 1 atom stereocenters. The summed E-state index contributed by atoms with van der Waals surface area (Å²) in [4.78, 5) is 13.0. The lowest BCUT2D eigenvalue weighted by atomic mass is 10.1. The van der Waals surface area contributed by atoms with E-state index in [9.17, 15) is 4.79 Å². The molecule has 0 aromatic carbocycles. The molecule has 1 aliphatic heterocycles. The number of rotatable bonds is 3. The maximum atomic E-state index is 11.6. The van der Waals surface area contributed by atoms with Crippen molar-refractivity contribution in [3.05, 3.63) is 5.82 Å². The maximum Gasteiger partial charge on any atom is 0.182 e. The van der Waals surface area contributed by atoms with Gasteiger partial charge in [0.2, 0.25) is 0 Å². The third-order valence-electron chi connectivity index (χ3n) is 2.33. The van der Waals surface area contributed by atoms with Gasteiger partial charge in [-0.15, -0.1) is 10.2 Å². The Labute approximate surface area is 81.7 Å². The van der Waals surface area contributed by atoms with Gasteiger partial charge >= 0.3 is 0 Å². The topological polar surface area (TPSA) is 72.7 Å². The monoisotopic (exact) mass is 195 g/mol. The van der Waals surface area contributed by atoms with E-state index in [0.717, 1.165) is 19.4 Å². The molecule has 0 bridgehead atoms. The minimum atomic E-state index is -0.00111. The number of nitrogens with one attached hydrogen (secondary N) is 1. The van der Waals surface area contributed by atoms with Gasteiger partial charge in [-0.25, -0.2) is 0 Å². The van der Waals surface area contributed by atoms with Gasteiger partial charge in [-0.2, -0.15) is 4.80 Å². The lowest BCUT2D eigenvalue weighted by Gasteiger charge is -2.05. The average Bonchev–Trinajstić information content (AvgIpc) is 2.75. The summed E-state index contributed by atoms with van der Waals surface area (Å²) < 4.78 is 0. The minimum absolute atomic E-state index is 0.00111. The molecular weight excluding hydrogens is 182 g/mol. The molecule has 0 radical (unpaired) electrons. The van der Waals surface area contributed by atoms with Crippen molar-refractivity contribution in [1.29, 1.82) is 0 Å². The van der Waals surface area contributed by atoms with Crippen LogP contribution in [-0.2, 0) is 18.3 Å². The molecule has 1 aromatic rings. The molecule has 1 unspecified atom stereocenters. The summed E-state index contributed by atoms with van der Waals surface area (Å²) >= 11 is 0. The summed E-state index contributed by atoms with van der Waals surface area (Å²) in [6, 6.07) is -0.00111. The number of aryl methyl sites for hydroxylation is 1. The molecule has 1 aliphatic rings. The summed E-state index contributed by atoms with van der Waals surface area (Å²) in [5, 5.41) is 14.6. The maximum absolute atomic E-state index is 11.6. The quantitative estimate of drug-likeness (QED) is 0.675. The number of hydrogen-bond donors (Lipinski definition) is 1. The molecule has 76 valence electrons. The van der Waals surface area contributed by atoms with Crippen molar-refractivity contribution in [2.24, 2.45) is 7.05 Å². The molecule has 0 saturated carbocycles. The second kappa shape index (κ2) is 3.83. The summed E-state index contributed by atoms with van der Waals surface area (Å²) in [5.41, 5.74) is 0. The molecular formula is C8H13N5O. The highest BCUT2D eigenvalue weighted by Gasteiger charge is 2.23. The molecule has 1 fully saturated rings. The van der Waals surface area contributed by atoms with Crippen LogP contribution in [0.4, 0.5) is 0 Å². The van der Waals surface area contributed by atoms with Gasteiger partial charge in [0.25, 0.3) is 0 Å². The van der Waals surface area contributed by atoms with Crippen LogP contribution in [0.2, 0.25) is 0 Å². The zero-order chi connectivity index (χ0) is 9.97. The third-order valence-corrected chi connectivity index (χ3v) is 2.33. The number of tetrazole rings is 1. The molecule has 1 aromatic heterocycles. The van der Waals surface area contributed by atoms with Crippen LogP contribution in [0, 0.1) is 0 Å². The van der Waals surface area contributed by atoms with Gasteiger partial charge < -0.3 is 5.32 Å². The molecule has 14 heavy (non-hydrogen) atoms. The number of hydrogen-bond acceptors (Lipinski definition) is 5. The number of carbonyl (C=O) groups is 1.